The largest absolute Gasteiger partial charge is 0.388 e. The van der Waals surface area contributed by atoms with E-state index in [1.54, 1.807) is 29.9 Å². The molecule has 18 heavy (non-hydrogen) atoms. The number of rotatable bonds is 4. The van der Waals surface area contributed by atoms with Gasteiger partial charge in [0, 0.05) is 13.2 Å². The molecule has 0 aliphatic heterocycles. The summed E-state index contributed by atoms with van der Waals surface area (Å²) in [5, 5.41) is 14.1. The molecule has 0 amide bonds. The van der Waals surface area contributed by atoms with Crippen molar-refractivity contribution in [3.05, 3.63) is 53.1 Å². The van der Waals surface area contributed by atoms with Crippen LogP contribution in [-0.4, -0.2) is 14.9 Å². The molecule has 0 saturated carbocycles. The highest BCUT2D eigenvalue weighted by molar-refractivity contribution is 5.25. The summed E-state index contributed by atoms with van der Waals surface area (Å²) in [7, 11) is 1.86. The molecule has 0 fully saturated rings. The Kier molecular flexibility index (Phi) is 3.77. The average molecular weight is 248 g/mol. The third-order valence-electron chi connectivity index (χ3n) is 3.03. The molecule has 1 unspecified atom stereocenters. The van der Waals surface area contributed by atoms with Gasteiger partial charge in [-0.25, -0.2) is 4.39 Å². The van der Waals surface area contributed by atoms with E-state index < -0.39 is 6.10 Å². The fraction of sp³-hybridized carbons (Fsp3) is 0.357. The summed E-state index contributed by atoms with van der Waals surface area (Å²) >= 11 is 0. The van der Waals surface area contributed by atoms with E-state index in [9.17, 15) is 9.50 Å². The van der Waals surface area contributed by atoms with Crippen LogP contribution in [0.15, 0.2) is 30.6 Å². The Morgan fingerprint density at radius 1 is 1.44 bits per heavy atom. The molecular weight excluding hydrogens is 231 g/mol. The first kappa shape index (κ1) is 12.8. The second-order valence-corrected chi connectivity index (χ2v) is 4.59. The normalized spacial score (nSPS) is 12.7. The minimum absolute atomic E-state index is 0.238. The molecule has 0 spiro atoms. The predicted octanol–water partition coefficient (Wildman–Crippen LogP) is 2.53. The first-order chi connectivity index (χ1) is 8.56. The number of hydrogen-bond donors (Lipinski definition) is 1. The first-order valence-electron chi connectivity index (χ1n) is 5.98. The first-order valence-corrected chi connectivity index (χ1v) is 5.98. The maximum atomic E-state index is 13.1. The van der Waals surface area contributed by atoms with Crippen molar-refractivity contribution in [3.63, 3.8) is 0 Å². The summed E-state index contributed by atoms with van der Waals surface area (Å²) in [6, 6.07) is 4.73. The van der Waals surface area contributed by atoms with E-state index in [0.717, 1.165) is 17.5 Å². The van der Waals surface area contributed by atoms with E-state index in [0.29, 0.717) is 12.0 Å². The molecule has 1 heterocycles. The minimum Gasteiger partial charge on any atom is -0.388 e. The average Bonchev–Trinajstić information content (AvgIpc) is 2.75. The smallest absolute Gasteiger partial charge is 0.126 e. The monoisotopic (exact) mass is 248 g/mol. The van der Waals surface area contributed by atoms with E-state index >= 15 is 0 Å². The van der Waals surface area contributed by atoms with Gasteiger partial charge in [0.15, 0.2) is 0 Å². The number of aliphatic hydroxyl groups is 1. The molecule has 0 saturated heterocycles. The summed E-state index contributed by atoms with van der Waals surface area (Å²) in [5.41, 5.74) is 2.42. The van der Waals surface area contributed by atoms with Crippen LogP contribution in [0.2, 0.25) is 0 Å². The van der Waals surface area contributed by atoms with Gasteiger partial charge in [0.05, 0.1) is 12.3 Å². The van der Waals surface area contributed by atoms with Gasteiger partial charge in [-0.05, 0) is 42.5 Å². The molecule has 2 rings (SSSR count). The van der Waals surface area contributed by atoms with Crippen molar-refractivity contribution < 1.29 is 9.50 Å². The fourth-order valence-corrected chi connectivity index (χ4v) is 1.95. The molecule has 96 valence electrons. The Labute approximate surface area is 106 Å². The highest BCUT2D eigenvalue weighted by Crippen LogP contribution is 2.21. The molecule has 0 aliphatic rings. The zero-order valence-electron chi connectivity index (χ0n) is 10.6. The highest BCUT2D eigenvalue weighted by atomic mass is 19.1. The topological polar surface area (TPSA) is 38.1 Å². The van der Waals surface area contributed by atoms with Gasteiger partial charge in [0.1, 0.15) is 5.82 Å². The molecule has 2 aromatic rings. The number of hydrogen-bond acceptors (Lipinski definition) is 2. The molecule has 1 aromatic heterocycles. The summed E-state index contributed by atoms with van der Waals surface area (Å²) in [6.07, 6.45) is 4.53. The van der Waals surface area contributed by atoms with Crippen molar-refractivity contribution >= 4 is 0 Å². The molecule has 4 heteroatoms. The Morgan fingerprint density at radius 3 is 2.83 bits per heavy atom. The van der Waals surface area contributed by atoms with Gasteiger partial charge >= 0.3 is 0 Å². The quantitative estimate of drug-likeness (QED) is 0.903. The van der Waals surface area contributed by atoms with E-state index in [2.05, 4.69) is 5.10 Å². The molecule has 1 N–H and O–H groups in total. The second kappa shape index (κ2) is 5.31. The van der Waals surface area contributed by atoms with Crippen LogP contribution in [0.1, 0.15) is 29.2 Å². The lowest BCUT2D eigenvalue weighted by atomic mass is 10.0. The van der Waals surface area contributed by atoms with Crippen molar-refractivity contribution in [2.24, 2.45) is 7.05 Å². The van der Waals surface area contributed by atoms with E-state index in [1.807, 2.05) is 13.2 Å². The van der Waals surface area contributed by atoms with Crippen LogP contribution in [0.25, 0.3) is 0 Å². The Morgan fingerprint density at radius 2 is 2.22 bits per heavy atom. The van der Waals surface area contributed by atoms with Crippen LogP contribution in [0, 0.1) is 12.7 Å². The maximum Gasteiger partial charge on any atom is 0.126 e. The molecule has 3 nitrogen and oxygen atoms in total. The fourth-order valence-electron chi connectivity index (χ4n) is 1.95. The lowest BCUT2D eigenvalue weighted by Gasteiger charge is -2.11. The Bertz CT molecular complexity index is 536. The molecule has 0 bridgehead atoms. The van der Waals surface area contributed by atoms with Gasteiger partial charge in [-0.1, -0.05) is 12.1 Å². The van der Waals surface area contributed by atoms with E-state index in [-0.39, 0.29) is 5.82 Å². The van der Waals surface area contributed by atoms with Crippen LogP contribution in [0.4, 0.5) is 4.39 Å². The van der Waals surface area contributed by atoms with Crippen molar-refractivity contribution in [1.82, 2.24) is 9.78 Å². The number of halogens is 1. The standard InChI is InChI=1S/C14H17FN2O/c1-10-7-12(4-5-13(10)15)14(18)6-3-11-8-16-17(2)9-11/h4-5,7-9,14,18H,3,6H2,1-2H3. The van der Waals surface area contributed by atoms with E-state index in [4.69, 9.17) is 0 Å². The molecule has 0 radical (unpaired) electrons. The second-order valence-electron chi connectivity index (χ2n) is 4.59. The number of aromatic nitrogens is 2. The van der Waals surface area contributed by atoms with Gasteiger partial charge in [0.25, 0.3) is 0 Å². The molecule has 1 aromatic carbocycles. The Balaban J connectivity index is 1.99. The Hall–Kier alpha value is -1.68. The van der Waals surface area contributed by atoms with Gasteiger partial charge in [-0.2, -0.15) is 5.10 Å². The van der Waals surface area contributed by atoms with Crippen molar-refractivity contribution in [3.8, 4) is 0 Å². The van der Waals surface area contributed by atoms with Gasteiger partial charge < -0.3 is 5.11 Å². The minimum atomic E-state index is -0.565. The van der Waals surface area contributed by atoms with E-state index in [1.165, 1.54) is 6.07 Å². The maximum absolute atomic E-state index is 13.1. The van der Waals surface area contributed by atoms with Gasteiger partial charge in [-0.15, -0.1) is 0 Å². The summed E-state index contributed by atoms with van der Waals surface area (Å²) in [6.45, 7) is 1.70. The van der Waals surface area contributed by atoms with Gasteiger partial charge in [0.2, 0.25) is 0 Å². The predicted molar refractivity (Wildman–Crippen MR) is 67.6 cm³/mol. The third-order valence-corrected chi connectivity index (χ3v) is 3.03. The lowest BCUT2D eigenvalue weighted by Crippen LogP contribution is -2.00. The summed E-state index contributed by atoms with van der Waals surface area (Å²) in [5.74, 6) is -0.238. The SMILES string of the molecule is Cc1cc(C(O)CCc2cnn(C)c2)ccc1F. The number of benzene rings is 1. The van der Waals surface area contributed by atoms with Crippen molar-refractivity contribution in [1.29, 1.82) is 0 Å². The molecule has 0 aliphatic carbocycles. The van der Waals surface area contributed by atoms with Crippen molar-refractivity contribution in [2.45, 2.75) is 25.9 Å². The highest BCUT2D eigenvalue weighted by Gasteiger charge is 2.10. The van der Waals surface area contributed by atoms with Crippen molar-refractivity contribution in [2.75, 3.05) is 0 Å². The van der Waals surface area contributed by atoms with Gasteiger partial charge in [-0.3, -0.25) is 4.68 Å². The van der Waals surface area contributed by atoms with Crippen LogP contribution < -0.4 is 0 Å². The third kappa shape index (κ3) is 2.96. The summed E-state index contributed by atoms with van der Waals surface area (Å²) < 4.78 is 14.9. The lowest BCUT2D eigenvalue weighted by molar-refractivity contribution is 0.167. The number of aryl methyl sites for hydroxylation is 3. The summed E-state index contributed by atoms with van der Waals surface area (Å²) in [4.78, 5) is 0. The van der Waals surface area contributed by atoms with Crippen LogP contribution in [0.3, 0.4) is 0 Å². The zero-order chi connectivity index (χ0) is 13.1. The number of aliphatic hydroxyl groups excluding tert-OH is 1. The molecular formula is C14H17FN2O. The van der Waals surface area contributed by atoms with Crippen LogP contribution >= 0.6 is 0 Å². The van der Waals surface area contributed by atoms with Crippen LogP contribution in [-0.2, 0) is 13.5 Å². The zero-order valence-corrected chi connectivity index (χ0v) is 10.6. The number of nitrogens with zero attached hydrogens (tertiary/aromatic N) is 2. The molecule has 1 atom stereocenters. The van der Waals surface area contributed by atoms with Crippen LogP contribution in [0.5, 0.6) is 0 Å².